The van der Waals surface area contributed by atoms with Gasteiger partial charge in [-0.05, 0) is 90.8 Å². The number of aromatic nitrogens is 3. The van der Waals surface area contributed by atoms with Crippen molar-refractivity contribution < 1.29 is 23.4 Å². The van der Waals surface area contributed by atoms with Gasteiger partial charge >= 0.3 is 5.97 Å². The van der Waals surface area contributed by atoms with Crippen molar-refractivity contribution in [1.29, 1.82) is 0 Å². The quantitative estimate of drug-likeness (QED) is 0.300. The summed E-state index contributed by atoms with van der Waals surface area (Å²) in [6.07, 6.45) is 3.81. The van der Waals surface area contributed by atoms with Gasteiger partial charge in [0.25, 0.3) is 0 Å². The third-order valence-corrected chi connectivity index (χ3v) is 7.80. The first-order chi connectivity index (χ1) is 16.5. The monoisotopic (exact) mass is 579 g/mol. The maximum atomic E-state index is 14.0. The number of H-pyrrole nitrogens is 1. The van der Waals surface area contributed by atoms with Crippen molar-refractivity contribution in [3.8, 4) is 5.75 Å². The maximum absolute atomic E-state index is 14.0. The van der Waals surface area contributed by atoms with Crippen molar-refractivity contribution in [2.24, 2.45) is 5.92 Å². The summed E-state index contributed by atoms with van der Waals surface area (Å²) in [7, 11) is 0. The Morgan fingerprint density at radius 1 is 1.21 bits per heavy atom. The fraction of sp³-hybridized carbons (Fsp3) is 0.480. The Morgan fingerprint density at radius 3 is 2.74 bits per heavy atom. The number of hydrogen-bond donors (Lipinski definition) is 1. The van der Waals surface area contributed by atoms with Crippen LogP contribution in [0.1, 0.15) is 66.2 Å². The number of nitrogens with one attached hydrogen (secondary N) is 1. The van der Waals surface area contributed by atoms with E-state index in [-0.39, 0.29) is 30.0 Å². The Morgan fingerprint density at radius 2 is 2.00 bits per heavy atom. The topological polar surface area (TPSA) is 86.3 Å². The van der Waals surface area contributed by atoms with Gasteiger partial charge in [-0.3, -0.25) is 5.10 Å². The summed E-state index contributed by atoms with van der Waals surface area (Å²) in [5, 5.41) is 8.39. The van der Waals surface area contributed by atoms with E-state index in [1.54, 1.807) is 19.1 Å². The molecule has 3 aromatic rings. The number of halogens is 2. The summed E-state index contributed by atoms with van der Waals surface area (Å²) in [5.74, 6) is 0.573. The van der Waals surface area contributed by atoms with Gasteiger partial charge in [-0.2, -0.15) is 5.10 Å². The van der Waals surface area contributed by atoms with E-state index in [0.717, 1.165) is 59.1 Å². The van der Waals surface area contributed by atoms with E-state index in [4.69, 9.17) is 14.2 Å². The normalized spacial score (nSPS) is 20.8. The number of benzene rings is 1. The summed E-state index contributed by atoms with van der Waals surface area (Å²) < 4.78 is 32.0. The van der Waals surface area contributed by atoms with E-state index in [0.29, 0.717) is 23.9 Å². The predicted octanol–water partition coefficient (Wildman–Crippen LogP) is 5.34. The molecule has 5 rings (SSSR count). The Kier molecular flexibility index (Phi) is 7.01. The minimum Gasteiger partial charge on any atom is -0.492 e. The minimum atomic E-state index is -0.499. The summed E-state index contributed by atoms with van der Waals surface area (Å²) in [6, 6.07) is 6.62. The summed E-state index contributed by atoms with van der Waals surface area (Å²) in [6.45, 7) is 4.03. The van der Waals surface area contributed by atoms with Gasteiger partial charge in [0, 0.05) is 28.8 Å². The summed E-state index contributed by atoms with van der Waals surface area (Å²) in [5.41, 5.74) is 2.55. The van der Waals surface area contributed by atoms with Crippen LogP contribution in [0.15, 0.2) is 24.3 Å². The number of pyridine rings is 1. The fourth-order valence-corrected chi connectivity index (χ4v) is 5.58. The second-order valence-electron chi connectivity index (χ2n) is 8.88. The molecule has 1 aliphatic carbocycles. The molecule has 0 bridgehead atoms. The zero-order chi connectivity index (χ0) is 23.7. The smallest absolute Gasteiger partial charge is 0.357 e. The van der Waals surface area contributed by atoms with Crippen LogP contribution >= 0.6 is 22.6 Å². The number of rotatable bonds is 7. The lowest BCUT2D eigenvalue weighted by molar-refractivity contribution is 0.0496. The van der Waals surface area contributed by atoms with Crippen LogP contribution in [0.2, 0.25) is 0 Å². The average Bonchev–Trinajstić information content (AvgIpc) is 3.23. The fourth-order valence-electron chi connectivity index (χ4n) is 4.84. The molecular formula is C25H27FIN3O4. The van der Waals surface area contributed by atoms with E-state index in [2.05, 4.69) is 37.8 Å². The lowest BCUT2D eigenvalue weighted by Gasteiger charge is -2.37. The zero-order valence-corrected chi connectivity index (χ0v) is 21.1. The lowest BCUT2D eigenvalue weighted by Crippen LogP contribution is -2.24. The Hall–Kier alpha value is -2.27. The highest BCUT2D eigenvalue weighted by atomic mass is 127. The molecule has 0 spiro atoms. The van der Waals surface area contributed by atoms with Gasteiger partial charge in [-0.1, -0.05) is 0 Å². The standard InChI is InChI=1S/C25H27FIN3O4/c1-2-33-25(31)20-12-21(34-13-14-7-9-32-10-8-14)22-23(29-30-24(22)28-20)17-5-4-16(17)18-11-15(26)3-6-19(18)27/h3,6,11-12,14,16-17H,2,4-5,7-10,13H2,1H3,(H,28,29,30). The van der Waals surface area contributed by atoms with E-state index in [9.17, 15) is 9.18 Å². The Bertz CT molecular complexity index is 1190. The third-order valence-electron chi connectivity index (χ3n) is 6.82. The number of esters is 1. The molecule has 180 valence electrons. The van der Waals surface area contributed by atoms with Gasteiger partial charge in [0.1, 0.15) is 11.6 Å². The van der Waals surface area contributed by atoms with Crippen LogP contribution in [0.4, 0.5) is 4.39 Å². The van der Waals surface area contributed by atoms with Gasteiger partial charge in [-0.15, -0.1) is 0 Å². The van der Waals surface area contributed by atoms with Gasteiger partial charge in [0.15, 0.2) is 11.3 Å². The van der Waals surface area contributed by atoms with Crippen molar-refractivity contribution >= 4 is 39.6 Å². The maximum Gasteiger partial charge on any atom is 0.357 e. The second kappa shape index (κ2) is 10.2. The summed E-state index contributed by atoms with van der Waals surface area (Å²) in [4.78, 5) is 16.9. The van der Waals surface area contributed by atoms with Crippen LogP contribution in [0.5, 0.6) is 5.75 Å². The van der Waals surface area contributed by atoms with Crippen molar-refractivity contribution in [1.82, 2.24) is 15.2 Å². The zero-order valence-electron chi connectivity index (χ0n) is 19.0. The number of hydrogen-bond acceptors (Lipinski definition) is 6. The molecule has 0 amide bonds. The number of carbonyl (C=O) groups excluding carboxylic acids is 1. The highest BCUT2D eigenvalue weighted by molar-refractivity contribution is 14.1. The van der Waals surface area contributed by atoms with Crippen LogP contribution in [0.25, 0.3) is 11.0 Å². The number of fused-ring (bicyclic) bond motifs is 1. The molecular weight excluding hydrogens is 552 g/mol. The highest BCUT2D eigenvalue weighted by Gasteiger charge is 2.38. The Labute approximate surface area is 210 Å². The van der Waals surface area contributed by atoms with Crippen LogP contribution < -0.4 is 4.74 Å². The predicted molar refractivity (Wildman–Crippen MR) is 133 cm³/mol. The minimum absolute atomic E-state index is 0.140. The molecule has 1 N–H and O–H groups in total. The van der Waals surface area contributed by atoms with E-state index in [1.807, 2.05) is 6.07 Å². The summed E-state index contributed by atoms with van der Waals surface area (Å²) >= 11 is 2.27. The molecule has 2 aliphatic rings. The molecule has 2 atom stereocenters. The Balaban J connectivity index is 1.50. The molecule has 2 fully saturated rings. The van der Waals surface area contributed by atoms with Crippen LogP contribution in [0, 0.1) is 15.3 Å². The number of nitrogens with zero attached hydrogens (tertiary/aromatic N) is 2. The number of aromatic amines is 1. The van der Waals surface area contributed by atoms with Gasteiger partial charge in [0.05, 0.1) is 24.3 Å². The highest BCUT2D eigenvalue weighted by Crippen LogP contribution is 2.52. The second-order valence-corrected chi connectivity index (χ2v) is 10.0. The van der Waals surface area contributed by atoms with Gasteiger partial charge in [-0.25, -0.2) is 14.2 Å². The van der Waals surface area contributed by atoms with Gasteiger partial charge in [0.2, 0.25) is 0 Å². The molecule has 34 heavy (non-hydrogen) atoms. The lowest BCUT2D eigenvalue weighted by atomic mass is 9.68. The average molecular weight is 579 g/mol. The first-order valence-corrected chi connectivity index (χ1v) is 12.8. The molecule has 1 aliphatic heterocycles. The molecule has 2 unspecified atom stereocenters. The van der Waals surface area contributed by atoms with E-state index < -0.39 is 5.97 Å². The molecule has 0 radical (unpaired) electrons. The number of carbonyl (C=O) groups is 1. The number of ether oxygens (including phenoxy) is 3. The molecule has 2 aromatic heterocycles. The first-order valence-electron chi connectivity index (χ1n) is 11.8. The van der Waals surface area contributed by atoms with Crippen LogP contribution in [0.3, 0.4) is 0 Å². The third kappa shape index (κ3) is 4.64. The molecule has 1 aromatic carbocycles. The largest absolute Gasteiger partial charge is 0.492 e. The molecule has 9 heteroatoms. The van der Waals surface area contributed by atoms with Crippen molar-refractivity contribution in [2.75, 3.05) is 26.4 Å². The first kappa shape index (κ1) is 23.5. The van der Waals surface area contributed by atoms with Crippen LogP contribution in [-0.2, 0) is 9.47 Å². The van der Waals surface area contributed by atoms with E-state index in [1.165, 1.54) is 6.07 Å². The van der Waals surface area contributed by atoms with Gasteiger partial charge < -0.3 is 14.2 Å². The van der Waals surface area contributed by atoms with E-state index >= 15 is 0 Å². The molecule has 1 saturated carbocycles. The van der Waals surface area contributed by atoms with Crippen molar-refractivity contribution in [3.63, 3.8) is 0 Å². The molecule has 1 saturated heterocycles. The van der Waals surface area contributed by atoms with Crippen molar-refractivity contribution in [3.05, 3.63) is 50.6 Å². The van der Waals surface area contributed by atoms with Crippen molar-refractivity contribution in [2.45, 2.75) is 44.4 Å². The molecule has 3 heterocycles. The SMILES string of the molecule is CCOC(=O)c1cc(OCC2CCOCC2)c2c(C3CCC3c3cc(F)ccc3I)[nH]nc2n1. The van der Waals surface area contributed by atoms with Crippen LogP contribution in [-0.4, -0.2) is 47.6 Å². The molecule has 7 nitrogen and oxygen atoms in total.